The van der Waals surface area contributed by atoms with Gasteiger partial charge in [0.2, 0.25) is 0 Å². The second-order valence-electron chi connectivity index (χ2n) is 8.94. The lowest BCUT2D eigenvalue weighted by molar-refractivity contribution is -0.285. The van der Waals surface area contributed by atoms with E-state index in [1.165, 1.54) is 0 Å². The molecule has 2 unspecified atom stereocenters. The maximum atomic E-state index is 12.8. The van der Waals surface area contributed by atoms with Crippen molar-refractivity contribution in [2.45, 2.75) is 89.2 Å². The van der Waals surface area contributed by atoms with Crippen LogP contribution in [0.15, 0.2) is 30.3 Å². The van der Waals surface area contributed by atoms with Crippen LogP contribution in [0.2, 0.25) is 0 Å². The highest BCUT2D eigenvalue weighted by Crippen LogP contribution is 2.52. The summed E-state index contributed by atoms with van der Waals surface area (Å²) in [5.74, 6) is -0.799. The number of carbonyl (C=O) groups excluding carboxylic acids is 1. The number of benzene rings is 1. The number of Topliss-reactive ketones (excluding diaryl/α,β-unsaturated/α-hetero) is 1. The minimum Gasteiger partial charge on any atom is -0.369 e. The van der Waals surface area contributed by atoms with E-state index >= 15 is 0 Å². The summed E-state index contributed by atoms with van der Waals surface area (Å²) in [6, 6.07) is 9.85. The fraction of sp³-hybridized carbons (Fsp3) is 0.667. The third-order valence-electron chi connectivity index (χ3n) is 5.17. The predicted molar refractivity (Wildman–Crippen MR) is 96.9 cm³/mol. The molecular weight excluding hydrogens is 348 g/mol. The minimum absolute atomic E-state index is 0.0192. The van der Waals surface area contributed by atoms with E-state index in [0.717, 1.165) is 5.56 Å². The predicted octanol–water partition coefficient (Wildman–Crippen LogP) is 2.97. The molecule has 0 N–H and O–H groups in total. The molecule has 1 aliphatic carbocycles. The van der Waals surface area contributed by atoms with Crippen molar-refractivity contribution >= 4 is 5.78 Å². The molecule has 6 heteroatoms. The van der Waals surface area contributed by atoms with Crippen LogP contribution in [-0.2, 0) is 35.1 Å². The summed E-state index contributed by atoms with van der Waals surface area (Å²) in [5.41, 5.74) is -0.549. The van der Waals surface area contributed by atoms with Gasteiger partial charge in [-0.1, -0.05) is 30.3 Å². The molecule has 3 fully saturated rings. The first kappa shape index (κ1) is 19.0. The molecule has 148 valence electrons. The van der Waals surface area contributed by atoms with E-state index in [9.17, 15) is 4.79 Å². The molecule has 2 aliphatic heterocycles. The first-order chi connectivity index (χ1) is 12.6. The Morgan fingerprint density at radius 3 is 2.44 bits per heavy atom. The third kappa shape index (κ3) is 3.34. The topological polar surface area (TPSA) is 63.2 Å². The van der Waals surface area contributed by atoms with Crippen molar-refractivity contribution in [2.75, 3.05) is 0 Å². The summed E-state index contributed by atoms with van der Waals surface area (Å²) in [6.07, 6.45) is -1.77. The molecule has 2 saturated heterocycles. The molecule has 2 heterocycles. The quantitative estimate of drug-likeness (QED) is 0.805. The summed E-state index contributed by atoms with van der Waals surface area (Å²) in [4.78, 5) is 12.8. The second-order valence-corrected chi connectivity index (χ2v) is 8.94. The second kappa shape index (κ2) is 6.36. The van der Waals surface area contributed by atoms with Gasteiger partial charge in [-0.3, -0.25) is 4.79 Å². The van der Waals surface area contributed by atoms with Crippen LogP contribution >= 0.6 is 0 Å². The van der Waals surface area contributed by atoms with E-state index in [1.807, 2.05) is 65.0 Å². The van der Waals surface area contributed by atoms with Crippen LogP contribution in [0.25, 0.3) is 0 Å². The normalized spacial score (nSPS) is 37.4. The average Bonchev–Trinajstić information content (AvgIpc) is 3.03. The van der Waals surface area contributed by atoms with Gasteiger partial charge in [0, 0.05) is 6.42 Å². The molecule has 1 saturated carbocycles. The largest absolute Gasteiger partial charge is 0.369 e. The number of carbonyl (C=O) groups is 1. The van der Waals surface area contributed by atoms with Gasteiger partial charge < -0.3 is 23.7 Å². The van der Waals surface area contributed by atoms with Crippen LogP contribution < -0.4 is 0 Å². The SMILES string of the molecule is CC(C)(C)OC1CC(=O)[C@@]12O[C@@H]1OC(C)(C)O[C@H]1C2OCc1ccccc1. The lowest BCUT2D eigenvalue weighted by atomic mass is 9.71. The van der Waals surface area contributed by atoms with Crippen molar-refractivity contribution < 1.29 is 28.5 Å². The summed E-state index contributed by atoms with van der Waals surface area (Å²) in [6.45, 7) is 9.93. The van der Waals surface area contributed by atoms with E-state index in [0.29, 0.717) is 13.0 Å². The standard InChI is InChI=1S/C21H28O6/c1-19(2,3)24-15-11-14(22)21(15)17(23-12-13-9-7-6-8-10-13)16-18(27-21)26-20(4,5)25-16/h6-10,15-18H,11-12H2,1-5H3/t15?,16-,17?,18-,21+/m0/s1. The van der Waals surface area contributed by atoms with Crippen molar-refractivity contribution in [2.24, 2.45) is 0 Å². The van der Waals surface area contributed by atoms with Crippen LogP contribution in [0.3, 0.4) is 0 Å². The van der Waals surface area contributed by atoms with Crippen LogP contribution in [0.1, 0.15) is 46.6 Å². The van der Waals surface area contributed by atoms with Gasteiger partial charge >= 0.3 is 0 Å². The fourth-order valence-electron chi connectivity index (χ4n) is 4.10. The first-order valence-corrected chi connectivity index (χ1v) is 9.51. The molecule has 5 atom stereocenters. The van der Waals surface area contributed by atoms with Crippen molar-refractivity contribution in [3.63, 3.8) is 0 Å². The molecule has 1 aromatic rings. The zero-order chi connectivity index (χ0) is 19.4. The molecule has 0 aromatic heterocycles. The number of ketones is 1. The Balaban J connectivity index is 1.60. The van der Waals surface area contributed by atoms with Gasteiger partial charge in [-0.2, -0.15) is 0 Å². The third-order valence-corrected chi connectivity index (χ3v) is 5.17. The van der Waals surface area contributed by atoms with E-state index in [-0.39, 0.29) is 11.9 Å². The van der Waals surface area contributed by atoms with E-state index < -0.39 is 35.5 Å². The van der Waals surface area contributed by atoms with Gasteiger partial charge in [0.25, 0.3) is 0 Å². The Bertz CT molecular complexity index is 709. The summed E-state index contributed by atoms with van der Waals surface area (Å²) in [5, 5.41) is 0. The molecule has 27 heavy (non-hydrogen) atoms. The lowest BCUT2D eigenvalue weighted by Gasteiger charge is -2.49. The smallest absolute Gasteiger partial charge is 0.191 e. The van der Waals surface area contributed by atoms with Crippen molar-refractivity contribution in [3.8, 4) is 0 Å². The summed E-state index contributed by atoms with van der Waals surface area (Å²) < 4.78 is 30.5. The number of fused-ring (bicyclic) bond motifs is 1. The van der Waals surface area contributed by atoms with Crippen LogP contribution in [0, 0.1) is 0 Å². The highest BCUT2D eigenvalue weighted by Gasteiger charge is 2.73. The Morgan fingerprint density at radius 2 is 1.81 bits per heavy atom. The molecule has 1 spiro atoms. The molecule has 6 nitrogen and oxygen atoms in total. The van der Waals surface area contributed by atoms with Gasteiger partial charge in [0.15, 0.2) is 23.5 Å². The van der Waals surface area contributed by atoms with Crippen LogP contribution in [0.5, 0.6) is 0 Å². The molecule has 1 aromatic carbocycles. The van der Waals surface area contributed by atoms with Crippen molar-refractivity contribution in [1.82, 2.24) is 0 Å². The molecule has 0 amide bonds. The zero-order valence-corrected chi connectivity index (χ0v) is 16.6. The van der Waals surface area contributed by atoms with Gasteiger partial charge in [0.1, 0.15) is 18.3 Å². The van der Waals surface area contributed by atoms with Crippen LogP contribution in [-0.4, -0.2) is 47.4 Å². The Morgan fingerprint density at radius 1 is 1.11 bits per heavy atom. The van der Waals surface area contributed by atoms with E-state index in [1.54, 1.807) is 0 Å². The fourth-order valence-corrected chi connectivity index (χ4v) is 4.10. The Kier molecular flexibility index (Phi) is 4.48. The highest BCUT2D eigenvalue weighted by atomic mass is 16.8. The van der Waals surface area contributed by atoms with Gasteiger partial charge in [-0.15, -0.1) is 0 Å². The maximum absolute atomic E-state index is 12.8. The zero-order valence-electron chi connectivity index (χ0n) is 16.6. The Hall–Kier alpha value is -1.31. The van der Waals surface area contributed by atoms with E-state index in [4.69, 9.17) is 23.7 Å². The van der Waals surface area contributed by atoms with Gasteiger partial charge in [-0.25, -0.2) is 0 Å². The Labute approximate surface area is 160 Å². The molecule has 0 radical (unpaired) electrons. The monoisotopic (exact) mass is 376 g/mol. The molecule has 0 bridgehead atoms. The summed E-state index contributed by atoms with van der Waals surface area (Å²) >= 11 is 0. The lowest BCUT2D eigenvalue weighted by Crippen LogP contribution is -2.69. The first-order valence-electron chi connectivity index (χ1n) is 9.51. The molecular formula is C21H28O6. The number of hydrogen-bond acceptors (Lipinski definition) is 6. The highest BCUT2D eigenvalue weighted by molar-refractivity contribution is 5.96. The maximum Gasteiger partial charge on any atom is 0.191 e. The van der Waals surface area contributed by atoms with Crippen LogP contribution in [0.4, 0.5) is 0 Å². The van der Waals surface area contributed by atoms with Crippen molar-refractivity contribution in [1.29, 1.82) is 0 Å². The molecule has 3 aliphatic rings. The van der Waals surface area contributed by atoms with Gasteiger partial charge in [0.05, 0.1) is 12.2 Å². The van der Waals surface area contributed by atoms with Crippen molar-refractivity contribution in [3.05, 3.63) is 35.9 Å². The average molecular weight is 376 g/mol. The number of ether oxygens (including phenoxy) is 5. The number of hydrogen-bond donors (Lipinski definition) is 0. The minimum atomic E-state index is -1.17. The summed E-state index contributed by atoms with van der Waals surface area (Å²) in [7, 11) is 0. The molecule has 4 rings (SSSR count). The number of rotatable bonds is 4. The van der Waals surface area contributed by atoms with Gasteiger partial charge in [-0.05, 0) is 40.2 Å². The van der Waals surface area contributed by atoms with E-state index in [2.05, 4.69) is 0 Å².